The highest BCUT2D eigenvalue weighted by Crippen LogP contribution is 2.43. The number of amides is 1. The molecule has 5 nitrogen and oxygen atoms in total. The van der Waals surface area contributed by atoms with E-state index in [1.54, 1.807) is 18.2 Å². The van der Waals surface area contributed by atoms with Crippen LogP contribution >= 0.6 is 0 Å². The summed E-state index contributed by atoms with van der Waals surface area (Å²) in [7, 11) is 1.54. The number of hydrogen-bond donors (Lipinski definition) is 1. The second kappa shape index (κ2) is 6.22. The van der Waals surface area contributed by atoms with Crippen LogP contribution in [-0.2, 0) is 14.3 Å². The molecule has 2 aliphatic carbocycles. The van der Waals surface area contributed by atoms with Crippen molar-refractivity contribution in [1.82, 2.24) is 0 Å². The van der Waals surface area contributed by atoms with Crippen LogP contribution < -0.4 is 10.1 Å². The third-order valence-electron chi connectivity index (χ3n) is 4.31. The van der Waals surface area contributed by atoms with E-state index in [0.29, 0.717) is 17.4 Å². The molecular formula is C17H19NO4. The lowest BCUT2D eigenvalue weighted by molar-refractivity contribution is -0.152. The molecule has 2 aliphatic rings. The number of carbonyl (C=O) groups excluding carboxylic acids is 2. The average molecular weight is 301 g/mol. The summed E-state index contributed by atoms with van der Waals surface area (Å²) in [5.41, 5.74) is 0.564. The molecule has 1 fully saturated rings. The van der Waals surface area contributed by atoms with E-state index < -0.39 is 0 Å². The number of hydrogen-bond acceptors (Lipinski definition) is 4. The summed E-state index contributed by atoms with van der Waals surface area (Å²) in [6.07, 6.45) is 6.14. The molecule has 0 spiro atoms. The van der Waals surface area contributed by atoms with Crippen molar-refractivity contribution >= 4 is 17.6 Å². The van der Waals surface area contributed by atoms with Crippen molar-refractivity contribution in [3.63, 3.8) is 0 Å². The molecule has 22 heavy (non-hydrogen) atoms. The lowest BCUT2D eigenvalue weighted by Crippen LogP contribution is -2.26. The van der Waals surface area contributed by atoms with Gasteiger partial charge in [-0.1, -0.05) is 24.3 Å². The molecule has 1 amide bonds. The standard InChI is InChI=1S/C17H19NO4/c1-21-15-5-3-2-4-14(15)18-16(19)10-22-17(20)13-9-11-6-7-12(13)8-11/h2-7,11-13H,8-10H2,1H3,(H,18,19)/t11-,12+,13+/m1/s1. The molecule has 5 heteroatoms. The highest BCUT2D eigenvalue weighted by molar-refractivity contribution is 5.94. The van der Waals surface area contributed by atoms with E-state index in [1.807, 2.05) is 6.07 Å². The fourth-order valence-corrected chi connectivity index (χ4v) is 3.23. The predicted molar refractivity (Wildman–Crippen MR) is 81.4 cm³/mol. The SMILES string of the molecule is COc1ccccc1NC(=O)COC(=O)[C@H]1C[C@@H]2C=C[C@H]1C2. The lowest BCUT2D eigenvalue weighted by Gasteiger charge is -2.16. The Bertz CT molecular complexity index is 610. The highest BCUT2D eigenvalue weighted by atomic mass is 16.5. The second-order valence-electron chi connectivity index (χ2n) is 5.74. The van der Waals surface area contributed by atoms with Crippen LogP contribution in [0.5, 0.6) is 5.75 Å². The van der Waals surface area contributed by atoms with Gasteiger partial charge in [0.05, 0.1) is 18.7 Å². The number of allylic oxidation sites excluding steroid dienone is 2. The number of rotatable bonds is 5. The molecule has 0 aliphatic heterocycles. The number of fused-ring (bicyclic) bond motifs is 2. The fourth-order valence-electron chi connectivity index (χ4n) is 3.23. The number of anilines is 1. The molecule has 2 bridgehead atoms. The third kappa shape index (κ3) is 2.98. The van der Waals surface area contributed by atoms with E-state index in [9.17, 15) is 9.59 Å². The molecule has 3 rings (SSSR count). The van der Waals surface area contributed by atoms with E-state index in [-0.39, 0.29) is 30.3 Å². The van der Waals surface area contributed by atoms with Crippen LogP contribution in [0, 0.1) is 17.8 Å². The Morgan fingerprint density at radius 3 is 2.73 bits per heavy atom. The zero-order valence-corrected chi connectivity index (χ0v) is 12.5. The minimum Gasteiger partial charge on any atom is -0.495 e. The topological polar surface area (TPSA) is 64.6 Å². The van der Waals surface area contributed by atoms with Gasteiger partial charge in [-0.05, 0) is 36.8 Å². The van der Waals surface area contributed by atoms with Crippen molar-refractivity contribution in [2.24, 2.45) is 17.8 Å². The molecule has 0 saturated heterocycles. The van der Waals surface area contributed by atoms with Crippen LogP contribution in [0.1, 0.15) is 12.8 Å². The summed E-state index contributed by atoms with van der Waals surface area (Å²) in [6, 6.07) is 7.10. The van der Waals surface area contributed by atoms with Gasteiger partial charge in [-0.3, -0.25) is 9.59 Å². The van der Waals surface area contributed by atoms with Crippen LogP contribution in [0.25, 0.3) is 0 Å². The highest BCUT2D eigenvalue weighted by Gasteiger charge is 2.40. The molecule has 1 aromatic carbocycles. The quantitative estimate of drug-likeness (QED) is 0.670. The molecule has 1 N–H and O–H groups in total. The van der Waals surface area contributed by atoms with Gasteiger partial charge in [0.2, 0.25) is 0 Å². The number of benzene rings is 1. The minimum absolute atomic E-state index is 0.0888. The first-order valence-corrected chi connectivity index (χ1v) is 7.45. The molecule has 1 aromatic rings. The van der Waals surface area contributed by atoms with Crippen LogP contribution in [0.15, 0.2) is 36.4 Å². The Balaban J connectivity index is 1.50. The van der Waals surface area contributed by atoms with Gasteiger partial charge in [-0.2, -0.15) is 0 Å². The normalized spacial score (nSPS) is 25.0. The molecule has 0 heterocycles. The zero-order valence-electron chi connectivity index (χ0n) is 12.5. The summed E-state index contributed by atoms with van der Waals surface area (Å²) in [5, 5.41) is 2.69. The van der Waals surface area contributed by atoms with Crippen molar-refractivity contribution in [2.45, 2.75) is 12.8 Å². The van der Waals surface area contributed by atoms with Crippen LogP contribution in [0.2, 0.25) is 0 Å². The molecular weight excluding hydrogens is 282 g/mol. The number of para-hydroxylation sites is 2. The lowest BCUT2D eigenvalue weighted by atomic mass is 9.94. The van der Waals surface area contributed by atoms with E-state index in [2.05, 4.69) is 17.5 Å². The van der Waals surface area contributed by atoms with E-state index in [1.165, 1.54) is 7.11 Å². The largest absolute Gasteiger partial charge is 0.495 e. The van der Waals surface area contributed by atoms with Crippen molar-refractivity contribution in [3.05, 3.63) is 36.4 Å². The fraction of sp³-hybridized carbons (Fsp3) is 0.412. The molecule has 1 saturated carbocycles. The molecule has 0 unspecified atom stereocenters. The van der Waals surface area contributed by atoms with Crippen molar-refractivity contribution in [1.29, 1.82) is 0 Å². The van der Waals surface area contributed by atoms with E-state index >= 15 is 0 Å². The van der Waals surface area contributed by atoms with Gasteiger partial charge < -0.3 is 14.8 Å². The van der Waals surface area contributed by atoms with Crippen molar-refractivity contribution in [3.8, 4) is 5.75 Å². The summed E-state index contributed by atoms with van der Waals surface area (Å²) < 4.78 is 10.3. The van der Waals surface area contributed by atoms with Crippen molar-refractivity contribution in [2.75, 3.05) is 19.0 Å². The minimum atomic E-state index is -0.364. The Morgan fingerprint density at radius 2 is 2.05 bits per heavy atom. The molecule has 3 atom stereocenters. The number of carbonyl (C=O) groups is 2. The molecule has 116 valence electrons. The van der Waals surface area contributed by atoms with Gasteiger partial charge in [0, 0.05) is 0 Å². The van der Waals surface area contributed by atoms with Gasteiger partial charge in [0.25, 0.3) is 5.91 Å². The number of methoxy groups -OCH3 is 1. The molecule has 0 aromatic heterocycles. The van der Waals surface area contributed by atoms with Crippen LogP contribution in [0.4, 0.5) is 5.69 Å². The van der Waals surface area contributed by atoms with Gasteiger partial charge in [-0.25, -0.2) is 0 Å². The third-order valence-corrected chi connectivity index (χ3v) is 4.31. The van der Waals surface area contributed by atoms with Crippen molar-refractivity contribution < 1.29 is 19.1 Å². The van der Waals surface area contributed by atoms with Gasteiger partial charge in [0.15, 0.2) is 6.61 Å². The number of nitrogens with one attached hydrogen (secondary N) is 1. The first-order valence-electron chi connectivity index (χ1n) is 7.45. The Morgan fingerprint density at radius 1 is 1.23 bits per heavy atom. The average Bonchev–Trinajstić information content (AvgIpc) is 3.16. The Hall–Kier alpha value is -2.30. The van der Waals surface area contributed by atoms with E-state index in [4.69, 9.17) is 9.47 Å². The number of esters is 1. The maximum Gasteiger partial charge on any atom is 0.310 e. The first-order chi connectivity index (χ1) is 10.7. The predicted octanol–water partition coefficient (Wildman–Crippen LogP) is 2.39. The summed E-state index contributed by atoms with van der Waals surface area (Å²) in [4.78, 5) is 24.0. The van der Waals surface area contributed by atoms with Crippen LogP contribution in [-0.4, -0.2) is 25.6 Å². The summed E-state index contributed by atoms with van der Waals surface area (Å²) in [6.45, 7) is -0.269. The second-order valence-corrected chi connectivity index (χ2v) is 5.74. The maximum absolute atomic E-state index is 12.1. The summed E-state index contributed by atoms with van der Waals surface area (Å²) in [5.74, 6) is 0.637. The Kier molecular flexibility index (Phi) is 4.13. The monoisotopic (exact) mass is 301 g/mol. The zero-order chi connectivity index (χ0) is 15.5. The van der Waals surface area contributed by atoms with Gasteiger partial charge in [-0.15, -0.1) is 0 Å². The van der Waals surface area contributed by atoms with Gasteiger partial charge >= 0.3 is 5.97 Å². The van der Waals surface area contributed by atoms with Crippen LogP contribution in [0.3, 0.4) is 0 Å². The van der Waals surface area contributed by atoms with E-state index in [0.717, 1.165) is 12.8 Å². The van der Waals surface area contributed by atoms with Gasteiger partial charge in [0.1, 0.15) is 5.75 Å². The smallest absolute Gasteiger partial charge is 0.310 e. The number of ether oxygens (including phenoxy) is 2. The Labute approximate surface area is 129 Å². The molecule has 0 radical (unpaired) electrons. The summed E-state index contributed by atoms with van der Waals surface area (Å²) >= 11 is 0. The first kappa shape index (κ1) is 14.6. The maximum atomic E-state index is 12.1.